The Kier molecular flexibility index (Phi) is 5.02. The van der Waals surface area contributed by atoms with Crippen molar-refractivity contribution in [2.45, 2.75) is 40.3 Å². The maximum absolute atomic E-state index is 14.2. The van der Waals surface area contributed by atoms with E-state index in [4.69, 9.17) is 11.6 Å². The second-order valence-electron chi connectivity index (χ2n) is 5.76. The van der Waals surface area contributed by atoms with Crippen LogP contribution in [0, 0.1) is 19.7 Å². The number of hydrogen-bond acceptors (Lipinski definition) is 1. The lowest BCUT2D eigenvalue weighted by atomic mass is 9.97. The van der Waals surface area contributed by atoms with Crippen molar-refractivity contribution in [2.75, 3.05) is 0 Å². The minimum Gasteiger partial charge on any atom is -0.310 e. The van der Waals surface area contributed by atoms with Crippen molar-refractivity contribution in [1.82, 2.24) is 5.32 Å². The molecule has 0 atom stereocenters. The molecule has 21 heavy (non-hydrogen) atoms. The van der Waals surface area contributed by atoms with Crippen LogP contribution in [-0.4, -0.2) is 6.04 Å². The second kappa shape index (κ2) is 6.59. The lowest BCUT2D eigenvalue weighted by Crippen LogP contribution is -2.22. The van der Waals surface area contributed by atoms with Gasteiger partial charge in [-0.15, -0.1) is 0 Å². The first kappa shape index (κ1) is 16.0. The Morgan fingerprint density at radius 1 is 1.10 bits per heavy atom. The molecule has 0 aliphatic carbocycles. The SMILES string of the molecule is Cc1cc(-c2ccc(CNC(C)C)c(F)c2)c(C)cc1Cl. The molecule has 112 valence electrons. The minimum atomic E-state index is -0.173. The first-order valence-corrected chi connectivity index (χ1v) is 7.55. The van der Waals surface area contributed by atoms with Crippen LogP contribution >= 0.6 is 11.6 Å². The molecule has 0 aromatic heterocycles. The molecule has 0 fully saturated rings. The van der Waals surface area contributed by atoms with Crippen LogP contribution in [0.4, 0.5) is 4.39 Å². The highest BCUT2D eigenvalue weighted by Gasteiger charge is 2.09. The van der Waals surface area contributed by atoms with E-state index in [1.807, 2.05) is 52.0 Å². The zero-order valence-electron chi connectivity index (χ0n) is 12.9. The fraction of sp³-hybridized carbons (Fsp3) is 0.333. The first-order valence-electron chi connectivity index (χ1n) is 7.17. The molecular weight excluding hydrogens is 285 g/mol. The summed E-state index contributed by atoms with van der Waals surface area (Å²) in [5.74, 6) is -0.173. The smallest absolute Gasteiger partial charge is 0.128 e. The average molecular weight is 306 g/mol. The van der Waals surface area contributed by atoms with Gasteiger partial charge in [-0.25, -0.2) is 4.39 Å². The van der Waals surface area contributed by atoms with Gasteiger partial charge in [0.15, 0.2) is 0 Å². The van der Waals surface area contributed by atoms with E-state index in [0.717, 1.165) is 27.3 Å². The summed E-state index contributed by atoms with van der Waals surface area (Å²) in [7, 11) is 0. The molecule has 0 aliphatic rings. The quantitative estimate of drug-likeness (QED) is 0.812. The lowest BCUT2D eigenvalue weighted by molar-refractivity contribution is 0.553. The van der Waals surface area contributed by atoms with Crippen LogP contribution in [0.25, 0.3) is 11.1 Å². The number of rotatable bonds is 4. The van der Waals surface area contributed by atoms with E-state index in [-0.39, 0.29) is 5.82 Å². The molecule has 2 rings (SSSR count). The number of halogens is 2. The second-order valence-corrected chi connectivity index (χ2v) is 6.17. The Balaban J connectivity index is 2.34. The minimum absolute atomic E-state index is 0.173. The molecular formula is C18H21ClFN. The molecule has 1 nitrogen and oxygen atoms in total. The van der Waals surface area contributed by atoms with Crippen LogP contribution in [0.3, 0.4) is 0 Å². The maximum atomic E-state index is 14.2. The highest BCUT2D eigenvalue weighted by atomic mass is 35.5. The van der Waals surface area contributed by atoms with Gasteiger partial charge in [0, 0.05) is 23.2 Å². The number of benzene rings is 2. The molecule has 0 amide bonds. The Labute approximate surface area is 131 Å². The van der Waals surface area contributed by atoms with Gasteiger partial charge in [0.05, 0.1) is 0 Å². The summed E-state index contributed by atoms with van der Waals surface area (Å²) in [4.78, 5) is 0. The number of hydrogen-bond donors (Lipinski definition) is 1. The standard InChI is InChI=1S/C18H21ClFN/c1-11(2)21-10-15-6-5-14(9-18(15)20)16-7-13(4)17(19)8-12(16)3/h5-9,11,21H,10H2,1-4H3. The third-order valence-corrected chi connectivity index (χ3v) is 3.98. The Bertz CT molecular complexity index is 650. The van der Waals surface area contributed by atoms with E-state index >= 15 is 0 Å². The molecule has 0 saturated heterocycles. The summed E-state index contributed by atoms with van der Waals surface area (Å²) >= 11 is 6.12. The van der Waals surface area contributed by atoms with Crippen LogP contribution in [-0.2, 0) is 6.54 Å². The summed E-state index contributed by atoms with van der Waals surface area (Å²) < 4.78 is 14.2. The predicted octanol–water partition coefficient (Wildman–Crippen LogP) is 5.26. The van der Waals surface area contributed by atoms with E-state index in [1.54, 1.807) is 6.07 Å². The highest BCUT2D eigenvalue weighted by Crippen LogP contribution is 2.29. The monoisotopic (exact) mass is 305 g/mol. The molecule has 0 bridgehead atoms. The van der Waals surface area contributed by atoms with Gasteiger partial charge in [-0.1, -0.05) is 37.6 Å². The molecule has 0 saturated carbocycles. The van der Waals surface area contributed by atoms with Gasteiger partial charge >= 0.3 is 0 Å². The lowest BCUT2D eigenvalue weighted by Gasteiger charge is -2.12. The van der Waals surface area contributed by atoms with Crippen LogP contribution in [0.2, 0.25) is 5.02 Å². The summed E-state index contributed by atoms with van der Waals surface area (Å²) in [6.07, 6.45) is 0. The zero-order valence-corrected chi connectivity index (χ0v) is 13.7. The van der Waals surface area contributed by atoms with E-state index in [9.17, 15) is 4.39 Å². The van der Waals surface area contributed by atoms with Crippen molar-refractivity contribution in [3.63, 3.8) is 0 Å². The topological polar surface area (TPSA) is 12.0 Å². The van der Waals surface area contributed by atoms with Gasteiger partial charge in [-0.2, -0.15) is 0 Å². The summed E-state index contributed by atoms with van der Waals surface area (Å²) in [6.45, 7) is 8.59. The molecule has 0 unspecified atom stereocenters. The normalized spacial score (nSPS) is 11.2. The van der Waals surface area contributed by atoms with Crippen molar-refractivity contribution in [3.8, 4) is 11.1 Å². The largest absolute Gasteiger partial charge is 0.310 e. The molecule has 3 heteroatoms. The van der Waals surface area contributed by atoms with Crippen molar-refractivity contribution in [2.24, 2.45) is 0 Å². The van der Waals surface area contributed by atoms with Crippen molar-refractivity contribution >= 4 is 11.6 Å². The van der Waals surface area contributed by atoms with E-state index in [2.05, 4.69) is 5.32 Å². The fourth-order valence-electron chi connectivity index (χ4n) is 2.26. The Morgan fingerprint density at radius 2 is 1.81 bits per heavy atom. The summed E-state index contributed by atoms with van der Waals surface area (Å²) in [5.41, 5.74) is 4.66. The van der Waals surface area contributed by atoms with Crippen LogP contribution in [0.1, 0.15) is 30.5 Å². The van der Waals surface area contributed by atoms with E-state index in [0.29, 0.717) is 18.2 Å². The summed E-state index contributed by atoms with van der Waals surface area (Å²) in [5, 5.41) is 3.98. The van der Waals surface area contributed by atoms with Crippen molar-refractivity contribution < 1.29 is 4.39 Å². The third-order valence-electron chi connectivity index (χ3n) is 3.57. The van der Waals surface area contributed by atoms with Gasteiger partial charge in [-0.05, 0) is 54.3 Å². The maximum Gasteiger partial charge on any atom is 0.128 e. The van der Waals surface area contributed by atoms with Gasteiger partial charge in [0.25, 0.3) is 0 Å². The van der Waals surface area contributed by atoms with Crippen molar-refractivity contribution in [1.29, 1.82) is 0 Å². The average Bonchev–Trinajstić information content (AvgIpc) is 2.41. The van der Waals surface area contributed by atoms with Crippen LogP contribution in [0.5, 0.6) is 0 Å². The van der Waals surface area contributed by atoms with Gasteiger partial charge < -0.3 is 5.32 Å². The van der Waals surface area contributed by atoms with Gasteiger partial charge in [-0.3, -0.25) is 0 Å². The first-order chi connectivity index (χ1) is 9.88. The van der Waals surface area contributed by atoms with Gasteiger partial charge in [0.2, 0.25) is 0 Å². The molecule has 0 spiro atoms. The van der Waals surface area contributed by atoms with Gasteiger partial charge in [0.1, 0.15) is 5.82 Å². The van der Waals surface area contributed by atoms with Crippen molar-refractivity contribution in [3.05, 3.63) is 57.9 Å². The molecule has 0 aliphatic heterocycles. The molecule has 2 aromatic rings. The molecule has 0 radical (unpaired) electrons. The molecule has 1 N–H and O–H groups in total. The Morgan fingerprint density at radius 3 is 2.43 bits per heavy atom. The third kappa shape index (κ3) is 3.84. The summed E-state index contributed by atoms with van der Waals surface area (Å²) in [6, 6.07) is 9.70. The number of aryl methyl sites for hydroxylation is 2. The Hall–Kier alpha value is -1.38. The van der Waals surface area contributed by atoms with Crippen LogP contribution < -0.4 is 5.32 Å². The molecule has 0 heterocycles. The van der Waals surface area contributed by atoms with Crippen LogP contribution in [0.15, 0.2) is 30.3 Å². The van der Waals surface area contributed by atoms with E-state index < -0.39 is 0 Å². The predicted molar refractivity (Wildman–Crippen MR) is 88.3 cm³/mol. The highest BCUT2D eigenvalue weighted by molar-refractivity contribution is 6.31. The molecule has 2 aromatic carbocycles. The van der Waals surface area contributed by atoms with E-state index in [1.165, 1.54) is 0 Å². The fourth-order valence-corrected chi connectivity index (χ4v) is 2.48. The number of nitrogens with one attached hydrogen (secondary N) is 1. The zero-order chi connectivity index (χ0) is 15.6.